The zero-order valence-electron chi connectivity index (χ0n) is 30.4. The number of nitrogens with zero attached hydrogens (tertiary/aromatic N) is 3. The van der Waals surface area contributed by atoms with E-state index in [2.05, 4.69) is 114 Å². The van der Waals surface area contributed by atoms with Gasteiger partial charge in [0.2, 0.25) is 0 Å². The van der Waals surface area contributed by atoms with E-state index in [1.165, 1.54) is 33.4 Å². The molecule has 51 heavy (non-hydrogen) atoms. The van der Waals surface area contributed by atoms with Crippen LogP contribution in [0.15, 0.2) is 127 Å². The number of benzene rings is 5. The van der Waals surface area contributed by atoms with Gasteiger partial charge in [-0.15, -0.1) is 0 Å². The van der Waals surface area contributed by atoms with Crippen LogP contribution in [0.2, 0.25) is 0 Å². The quantitative estimate of drug-likeness (QED) is 0.203. The Morgan fingerprint density at radius 3 is 1.75 bits per heavy atom. The van der Waals surface area contributed by atoms with Crippen molar-refractivity contribution in [1.82, 2.24) is 15.0 Å². The van der Waals surface area contributed by atoms with Crippen LogP contribution in [0.3, 0.4) is 0 Å². The third-order valence-electron chi connectivity index (χ3n) is 10.5. The Labute approximate surface area is 300 Å². The minimum Gasteiger partial charge on any atom is -0.507 e. The van der Waals surface area contributed by atoms with Crippen molar-refractivity contribution >= 4 is 11.0 Å². The van der Waals surface area contributed by atoms with E-state index in [-0.39, 0.29) is 16.6 Å². The summed E-state index contributed by atoms with van der Waals surface area (Å²) in [6.07, 6.45) is 0. The Bertz CT molecular complexity index is 2420. The molecule has 0 amide bonds. The summed E-state index contributed by atoms with van der Waals surface area (Å²) in [7, 11) is 0. The molecule has 0 radical (unpaired) electrons. The number of para-hydroxylation sites is 3. The zero-order chi connectivity index (χ0) is 35.7. The van der Waals surface area contributed by atoms with Crippen molar-refractivity contribution < 1.29 is 5.11 Å². The van der Waals surface area contributed by atoms with E-state index in [1.807, 2.05) is 55.5 Å². The van der Waals surface area contributed by atoms with Crippen molar-refractivity contribution in [3.63, 3.8) is 0 Å². The molecule has 252 valence electrons. The van der Waals surface area contributed by atoms with Gasteiger partial charge in [0.25, 0.3) is 0 Å². The fraction of sp³-hybridized carbons (Fsp3) is 0.213. The van der Waals surface area contributed by atoms with Gasteiger partial charge in [-0.2, -0.15) is 0 Å². The Morgan fingerprint density at radius 1 is 0.529 bits per heavy atom. The maximum atomic E-state index is 11.0. The molecule has 0 spiro atoms. The normalized spacial score (nSPS) is 13.6. The number of aryl methyl sites for hydroxylation is 1. The summed E-state index contributed by atoms with van der Waals surface area (Å²) in [5.74, 6) is 0.209. The van der Waals surface area contributed by atoms with Crippen LogP contribution in [0.1, 0.15) is 80.7 Å². The maximum absolute atomic E-state index is 11.0. The Kier molecular flexibility index (Phi) is 7.50. The monoisotopic (exact) mass is 665 g/mol. The third-order valence-corrected chi connectivity index (χ3v) is 10.5. The largest absolute Gasteiger partial charge is 0.507 e. The molecular weight excluding hydrogens is 623 g/mol. The van der Waals surface area contributed by atoms with Crippen LogP contribution < -0.4 is 0 Å². The highest BCUT2D eigenvalue weighted by atomic mass is 16.3. The van der Waals surface area contributed by atoms with Gasteiger partial charge in [-0.05, 0) is 99.2 Å². The van der Waals surface area contributed by atoms with E-state index in [0.717, 1.165) is 44.9 Å². The van der Waals surface area contributed by atoms with Gasteiger partial charge < -0.3 is 5.11 Å². The van der Waals surface area contributed by atoms with Crippen molar-refractivity contribution in [2.75, 3.05) is 0 Å². The second-order valence-corrected chi connectivity index (χ2v) is 15.9. The summed E-state index contributed by atoms with van der Waals surface area (Å²) < 4.78 is 0. The first-order valence-electron chi connectivity index (χ1n) is 17.8. The van der Waals surface area contributed by atoms with Gasteiger partial charge in [-0.25, -0.2) is 9.97 Å². The second kappa shape index (κ2) is 11.7. The predicted octanol–water partition coefficient (Wildman–Crippen LogP) is 11.3. The molecule has 2 heterocycles. The Morgan fingerprint density at radius 2 is 1.12 bits per heavy atom. The van der Waals surface area contributed by atoms with Gasteiger partial charge in [0.1, 0.15) is 5.75 Å². The molecule has 1 aliphatic rings. The lowest BCUT2D eigenvalue weighted by molar-refractivity contribution is 0.477. The summed E-state index contributed by atoms with van der Waals surface area (Å²) >= 11 is 0. The van der Waals surface area contributed by atoms with Crippen LogP contribution >= 0.6 is 0 Å². The molecule has 8 rings (SSSR count). The molecule has 0 atom stereocenters. The summed E-state index contributed by atoms with van der Waals surface area (Å²) in [5, 5.41) is 11.0. The number of hydrogen-bond donors (Lipinski definition) is 1. The average molecular weight is 666 g/mol. The van der Waals surface area contributed by atoms with Gasteiger partial charge in [-0.1, -0.05) is 126 Å². The van der Waals surface area contributed by atoms with E-state index < -0.39 is 5.41 Å². The number of fused-ring (bicyclic) bond motifs is 4. The lowest BCUT2D eigenvalue weighted by Gasteiger charge is -2.35. The van der Waals surface area contributed by atoms with Crippen molar-refractivity contribution in [3.05, 3.63) is 167 Å². The highest BCUT2D eigenvalue weighted by Gasteiger charge is 2.48. The minimum absolute atomic E-state index is 0.0726. The fourth-order valence-electron chi connectivity index (χ4n) is 7.74. The summed E-state index contributed by atoms with van der Waals surface area (Å²) in [6, 6.07) is 44.6. The number of rotatable bonds is 4. The number of aromatic hydroxyl groups is 1. The first-order chi connectivity index (χ1) is 24.4. The SMILES string of the molecule is Cc1nc2ccccc2nc1-c1cccc(C2(c3cccc(-c4ccccc4O)n3)c3cc(C(C)(C)C)ccc3-c3ccc(C(C)(C)C)cc32)c1. The number of pyridine rings is 1. The molecule has 7 aromatic rings. The van der Waals surface area contributed by atoms with E-state index in [4.69, 9.17) is 15.0 Å². The van der Waals surface area contributed by atoms with Gasteiger partial charge >= 0.3 is 0 Å². The highest BCUT2D eigenvalue weighted by molar-refractivity contribution is 5.88. The van der Waals surface area contributed by atoms with E-state index >= 15 is 0 Å². The van der Waals surface area contributed by atoms with E-state index in [9.17, 15) is 5.11 Å². The summed E-state index contributed by atoms with van der Waals surface area (Å²) in [4.78, 5) is 15.6. The van der Waals surface area contributed by atoms with Gasteiger partial charge in [-0.3, -0.25) is 4.98 Å². The lowest BCUT2D eigenvalue weighted by atomic mass is 9.67. The number of phenols is 1. The molecule has 2 aromatic heterocycles. The van der Waals surface area contributed by atoms with E-state index in [1.54, 1.807) is 6.07 Å². The summed E-state index contributed by atoms with van der Waals surface area (Å²) in [5.41, 5.74) is 14.4. The van der Waals surface area contributed by atoms with Crippen LogP contribution in [-0.2, 0) is 16.2 Å². The van der Waals surface area contributed by atoms with Crippen LogP contribution in [0.25, 0.3) is 44.7 Å². The van der Waals surface area contributed by atoms with Crippen molar-refractivity contribution in [2.24, 2.45) is 0 Å². The van der Waals surface area contributed by atoms with Crippen LogP contribution in [-0.4, -0.2) is 20.1 Å². The lowest BCUT2D eigenvalue weighted by Crippen LogP contribution is -2.31. The van der Waals surface area contributed by atoms with Crippen molar-refractivity contribution in [1.29, 1.82) is 0 Å². The van der Waals surface area contributed by atoms with Crippen LogP contribution in [0.5, 0.6) is 5.75 Å². The van der Waals surface area contributed by atoms with Crippen molar-refractivity contribution in [3.8, 4) is 39.4 Å². The maximum Gasteiger partial charge on any atom is 0.124 e. The molecule has 4 nitrogen and oxygen atoms in total. The molecule has 1 aliphatic carbocycles. The van der Waals surface area contributed by atoms with Gasteiger partial charge in [0.05, 0.1) is 39.2 Å². The number of phenolic OH excluding ortho intramolecular Hbond substituents is 1. The average Bonchev–Trinajstić information content (AvgIpc) is 3.41. The first kappa shape index (κ1) is 32.6. The summed E-state index contributed by atoms with van der Waals surface area (Å²) in [6.45, 7) is 15.7. The molecule has 0 unspecified atom stereocenters. The van der Waals surface area contributed by atoms with Gasteiger partial charge in [0, 0.05) is 11.1 Å². The second-order valence-electron chi connectivity index (χ2n) is 15.9. The fourth-order valence-corrected chi connectivity index (χ4v) is 7.74. The van der Waals surface area contributed by atoms with Crippen LogP contribution in [0, 0.1) is 6.92 Å². The molecular formula is C47H43N3O. The first-order valence-corrected chi connectivity index (χ1v) is 17.8. The van der Waals surface area contributed by atoms with Gasteiger partial charge in [0.15, 0.2) is 0 Å². The number of aromatic nitrogens is 3. The molecule has 1 N–H and O–H groups in total. The molecule has 0 bridgehead atoms. The Balaban J connectivity index is 1.50. The standard InChI is InChI=1S/C47H43N3O/c1-29-44(50-41-18-10-9-17-40(41)48-29)30-14-12-15-33(26-30)47(43-21-13-19-39(49-43)36-16-8-11-20-42(36)51)37-27-31(45(2,3)4)22-24-34(37)35-25-23-32(28-38(35)47)46(5,6)7/h8-28,51H,1-7H3. The molecule has 5 aromatic carbocycles. The van der Waals surface area contributed by atoms with Crippen molar-refractivity contribution in [2.45, 2.75) is 64.7 Å². The molecule has 4 heteroatoms. The zero-order valence-corrected chi connectivity index (χ0v) is 30.4. The molecule has 0 saturated heterocycles. The number of hydrogen-bond acceptors (Lipinski definition) is 4. The topological polar surface area (TPSA) is 58.9 Å². The predicted molar refractivity (Wildman–Crippen MR) is 209 cm³/mol. The minimum atomic E-state index is -0.776. The van der Waals surface area contributed by atoms with E-state index in [0.29, 0.717) is 5.56 Å². The third kappa shape index (κ3) is 5.33. The smallest absolute Gasteiger partial charge is 0.124 e. The molecule has 0 saturated carbocycles. The Hall–Kier alpha value is -5.61. The molecule has 0 fully saturated rings. The molecule has 0 aliphatic heterocycles. The van der Waals surface area contributed by atoms with Crippen LogP contribution in [0.4, 0.5) is 0 Å². The highest BCUT2D eigenvalue weighted by Crippen LogP contribution is 2.57.